The summed E-state index contributed by atoms with van der Waals surface area (Å²) in [5, 5.41) is 7.27. The van der Waals surface area contributed by atoms with Crippen LogP contribution in [-0.4, -0.2) is 25.2 Å². The minimum Gasteiger partial charge on any atom is -0.326 e. The fraction of sp³-hybridized carbons (Fsp3) is 0.150. The van der Waals surface area contributed by atoms with Gasteiger partial charge in [-0.05, 0) is 36.8 Å². The Morgan fingerprint density at radius 3 is 2.50 bits per heavy atom. The third kappa shape index (κ3) is 5.65. The molecule has 10 heteroatoms. The van der Waals surface area contributed by atoms with E-state index in [9.17, 15) is 18.0 Å². The highest BCUT2D eigenvalue weighted by molar-refractivity contribution is 7.93. The van der Waals surface area contributed by atoms with Gasteiger partial charge in [-0.2, -0.15) is 0 Å². The van der Waals surface area contributed by atoms with Gasteiger partial charge in [0.05, 0.1) is 17.0 Å². The minimum absolute atomic E-state index is 0.0205. The van der Waals surface area contributed by atoms with Crippen molar-refractivity contribution in [1.82, 2.24) is 4.98 Å². The molecule has 1 heterocycles. The van der Waals surface area contributed by atoms with Crippen LogP contribution in [0.1, 0.15) is 18.2 Å². The largest absolute Gasteiger partial charge is 0.326 e. The van der Waals surface area contributed by atoms with E-state index in [1.54, 1.807) is 41.8 Å². The monoisotopic (exact) mass is 444 g/mol. The highest BCUT2D eigenvalue weighted by atomic mass is 32.2. The normalized spacial score (nSPS) is 11.0. The lowest BCUT2D eigenvalue weighted by molar-refractivity contribution is -0.116. The SMILES string of the molecule is CC(=O)Nc1ccc(C)c(NC(=O)Cc2csc(NS(=O)(=O)c3ccccc3)n2)c1. The van der Waals surface area contributed by atoms with Gasteiger partial charge in [0.2, 0.25) is 11.8 Å². The number of benzene rings is 2. The maximum atomic E-state index is 12.4. The number of rotatable bonds is 7. The Hall–Kier alpha value is -3.24. The van der Waals surface area contributed by atoms with Crippen molar-refractivity contribution in [2.75, 3.05) is 15.4 Å². The topological polar surface area (TPSA) is 117 Å². The Balaban J connectivity index is 1.65. The number of amides is 2. The van der Waals surface area contributed by atoms with Crippen LogP contribution in [0.5, 0.6) is 0 Å². The number of nitrogens with zero attached hydrogens (tertiary/aromatic N) is 1. The first kappa shape index (κ1) is 21.5. The molecule has 0 radical (unpaired) electrons. The molecule has 0 bridgehead atoms. The minimum atomic E-state index is -3.73. The fourth-order valence-electron chi connectivity index (χ4n) is 2.61. The third-order valence-electron chi connectivity index (χ3n) is 4.00. The van der Waals surface area contributed by atoms with Crippen LogP contribution in [0.15, 0.2) is 58.8 Å². The van der Waals surface area contributed by atoms with Crippen molar-refractivity contribution < 1.29 is 18.0 Å². The van der Waals surface area contributed by atoms with Crippen molar-refractivity contribution in [3.8, 4) is 0 Å². The zero-order chi connectivity index (χ0) is 21.7. The van der Waals surface area contributed by atoms with Crippen LogP contribution in [0.4, 0.5) is 16.5 Å². The molecule has 0 fully saturated rings. The predicted molar refractivity (Wildman–Crippen MR) is 117 cm³/mol. The van der Waals surface area contributed by atoms with Crippen molar-refractivity contribution in [2.24, 2.45) is 0 Å². The van der Waals surface area contributed by atoms with E-state index < -0.39 is 10.0 Å². The Morgan fingerprint density at radius 2 is 1.80 bits per heavy atom. The quantitative estimate of drug-likeness (QED) is 0.516. The summed E-state index contributed by atoms with van der Waals surface area (Å²) in [5.74, 6) is -0.509. The van der Waals surface area contributed by atoms with Crippen LogP contribution >= 0.6 is 11.3 Å². The van der Waals surface area contributed by atoms with Crippen molar-refractivity contribution >= 4 is 49.7 Å². The molecule has 8 nitrogen and oxygen atoms in total. The molecule has 3 N–H and O–H groups in total. The van der Waals surface area contributed by atoms with Gasteiger partial charge in [-0.25, -0.2) is 13.4 Å². The lowest BCUT2D eigenvalue weighted by Crippen LogP contribution is -2.16. The molecule has 30 heavy (non-hydrogen) atoms. The van der Waals surface area contributed by atoms with E-state index in [0.29, 0.717) is 17.1 Å². The van der Waals surface area contributed by atoms with Gasteiger partial charge in [-0.1, -0.05) is 24.3 Å². The Labute approximate surface area is 178 Å². The molecule has 156 valence electrons. The molecule has 0 unspecified atom stereocenters. The second-order valence-electron chi connectivity index (χ2n) is 6.50. The molecule has 3 rings (SSSR count). The molecule has 2 amide bonds. The van der Waals surface area contributed by atoms with Crippen LogP contribution in [-0.2, 0) is 26.0 Å². The molecule has 3 aromatic rings. The Morgan fingerprint density at radius 1 is 1.07 bits per heavy atom. The van der Waals surface area contributed by atoms with Crippen molar-refractivity contribution in [3.05, 3.63) is 65.2 Å². The van der Waals surface area contributed by atoms with Gasteiger partial charge in [-0.15, -0.1) is 11.3 Å². The molecule has 1 aromatic heterocycles. The average Bonchev–Trinajstić information content (AvgIpc) is 3.10. The molecule has 0 aliphatic heterocycles. The van der Waals surface area contributed by atoms with E-state index in [1.807, 2.05) is 6.92 Å². The zero-order valence-corrected chi connectivity index (χ0v) is 17.9. The Kier molecular flexibility index (Phi) is 6.48. The van der Waals surface area contributed by atoms with Gasteiger partial charge in [0.1, 0.15) is 0 Å². The highest BCUT2D eigenvalue weighted by Gasteiger charge is 2.16. The lowest BCUT2D eigenvalue weighted by Gasteiger charge is -2.10. The second kappa shape index (κ2) is 9.06. The first-order valence-electron chi connectivity index (χ1n) is 8.93. The fourth-order valence-corrected chi connectivity index (χ4v) is 4.59. The van der Waals surface area contributed by atoms with Crippen molar-refractivity contribution in [3.63, 3.8) is 0 Å². The van der Waals surface area contributed by atoms with Crippen LogP contribution < -0.4 is 15.4 Å². The number of sulfonamides is 1. The number of hydrogen-bond donors (Lipinski definition) is 3. The molecular weight excluding hydrogens is 424 g/mol. The Bertz CT molecular complexity index is 1170. The number of aromatic nitrogens is 1. The summed E-state index contributed by atoms with van der Waals surface area (Å²) in [5.41, 5.74) is 2.44. The van der Waals surface area contributed by atoms with Gasteiger partial charge in [0.15, 0.2) is 5.13 Å². The number of carbonyl (C=O) groups is 2. The number of carbonyl (C=O) groups excluding carboxylic acids is 2. The maximum absolute atomic E-state index is 12.4. The van der Waals surface area contributed by atoms with Gasteiger partial charge in [-0.3, -0.25) is 14.3 Å². The van der Waals surface area contributed by atoms with Crippen LogP contribution in [0, 0.1) is 6.92 Å². The van der Waals surface area contributed by atoms with Gasteiger partial charge in [0.25, 0.3) is 10.0 Å². The van der Waals surface area contributed by atoms with E-state index >= 15 is 0 Å². The van der Waals surface area contributed by atoms with Crippen LogP contribution in [0.25, 0.3) is 0 Å². The average molecular weight is 445 g/mol. The number of hydrogen-bond acceptors (Lipinski definition) is 6. The second-order valence-corrected chi connectivity index (χ2v) is 9.04. The molecule has 0 aliphatic carbocycles. The van der Waals surface area contributed by atoms with Crippen LogP contribution in [0.3, 0.4) is 0 Å². The van der Waals surface area contributed by atoms with E-state index in [1.165, 1.54) is 19.1 Å². The molecule has 0 atom stereocenters. The number of aryl methyl sites for hydroxylation is 1. The predicted octanol–water partition coefficient (Wildman–Crippen LogP) is 3.39. The summed E-state index contributed by atoms with van der Waals surface area (Å²) < 4.78 is 27.2. The number of nitrogens with one attached hydrogen (secondary N) is 3. The van der Waals surface area contributed by atoms with Crippen molar-refractivity contribution in [1.29, 1.82) is 0 Å². The molecule has 2 aromatic carbocycles. The molecule has 0 spiro atoms. The summed E-state index contributed by atoms with van der Waals surface area (Å²) in [6.07, 6.45) is -0.0205. The molecular formula is C20H20N4O4S2. The van der Waals surface area contributed by atoms with E-state index in [0.717, 1.165) is 16.9 Å². The van der Waals surface area contributed by atoms with Gasteiger partial charge >= 0.3 is 0 Å². The van der Waals surface area contributed by atoms with E-state index in [-0.39, 0.29) is 28.3 Å². The standard InChI is InChI=1S/C20H20N4O4S2/c1-13-8-9-15(21-14(2)25)10-18(13)23-19(26)11-16-12-29-20(22-16)24-30(27,28)17-6-4-3-5-7-17/h3-10,12H,11H2,1-2H3,(H,21,25)(H,22,24)(H,23,26). The van der Waals surface area contributed by atoms with Gasteiger partial charge in [0, 0.05) is 23.7 Å². The summed E-state index contributed by atoms with van der Waals surface area (Å²) in [6.45, 7) is 3.25. The zero-order valence-electron chi connectivity index (χ0n) is 16.3. The lowest BCUT2D eigenvalue weighted by atomic mass is 10.1. The number of thiazole rings is 1. The van der Waals surface area contributed by atoms with Gasteiger partial charge < -0.3 is 10.6 Å². The summed E-state index contributed by atoms with van der Waals surface area (Å²) >= 11 is 1.10. The molecule has 0 aliphatic rings. The maximum Gasteiger partial charge on any atom is 0.263 e. The van der Waals surface area contributed by atoms with Crippen LogP contribution in [0.2, 0.25) is 0 Å². The molecule has 0 saturated heterocycles. The third-order valence-corrected chi connectivity index (χ3v) is 6.29. The highest BCUT2D eigenvalue weighted by Crippen LogP contribution is 2.22. The summed E-state index contributed by atoms with van der Waals surface area (Å²) in [4.78, 5) is 27.9. The smallest absolute Gasteiger partial charge is 0.263 e. The number of anilines is 3. The summed E-state index contributed by atoms with van der Waals surface area (Å²) in [6, 6.07) is 13.2. The molecule has 0 saturated carbocycles. The van der Waals surface area contributed by atoms with E-state index in [2.05, 4.69) is 20.3 Å². The van der Waals surface area contributed by atoms with E-state index in [4.69, 9.17) is 0 Å². The first-order valence-corrected chi connectivity index (χ1v) is 11.3. The summed E-state index contributed by atoms with van der Waals surface area (Å²) in [7, 11) is -3.73. The van der Waals surface area contributed by atoms with Crippen molar-refractivity contribution in [2.45, 2.75) is 25.2 Å². The first-order chi connectivity index (χ1) is 14.2.